The number of hydrogen-bond donors (Lipinski definition) is 0. The summed E-state index contributed by atoms with van der Waals surface area (Å²) in [6.07, 6.45) is 7.48. The molecule has 1 atom stereocenters. The molecule has 1 unspecified atom stereocenters. The van der Waals surface area contributed by atoms with Gasteiger partial charge in [-0.25, -0.2) is 15.0 Å². The maximum Gasteiger partial charge on any atom is 0.162 e. The topological polar surface area (TPSA) is 51.8 Å². The average Bonchev–Trinajstić information content (AvgIpc) is 3.91. The number of fused-ring (bicyclic) bond motifs is 8. The number of hydrogen-bond acceptors (Lipinski definition) is 5. The number of benzene rings is 7. The Labute approximate surface area is 356 Å². The molecule has 0 fully saturated rings. The standard InChI is InChI=1S/C56H37N3OS/c1-56(55-57-46(35-16-4-2-5-17-35)33-47(58-55)36-18-6-3-7-19-36)31-15-22-39(34-56)51-53-50(44-24-8-10-29-48(44)60-53)45-28-13-25-40(52(45)59-51)37-20-12-21-38(32-37)41-26-14-27-43-42-23-9-11-30-49(42)61-54(41)43/h2-30,32-34H,31H2,1H3. The number of nitrogens with zero attached hydrogens (tertiary/aromatic N) is 3. The van der Waals surface area contributed by atoms with Gasteiger partial charge in [-0.3, -0.25) is 0 Å². The van der Waals surface area contributed by atoms with Gasteiger partial charge in [0.25, 0.3) is 0 Å². The second-order valence-electron chi connectivity index (χ2n) is 16.1. The number of thiophene rings is 1. The Hall–Kier alpha value is -7.47. The molecular formula is C56H37N3OS. The first-order valence-electron chi connectivity index (χ1n) is 20.7. The predicted molar refractivity (Wildman–Crippen MR) is 255 cm³/mol. The number of aromatic nitrogens is 3. The Balaban J connectivity index is 1.05. The Morgan fingerprint density at radius 2 is 1.15 bits per heavy atom. The van der Waals surface area contributed by atoms with E-state index in [1.807, 2.05) is 29.5 Å². The van der Waals surface area contributed by atoms with Crippen LogP contribution in [0.25, 0.3) is 103 Å². The minimum Gasteiger partial charge on any atom is -0.454 e. The van der Waals surface area contributed by atoms with Gasteiger partial charge in [0.15, 0.2) is 5.58 Å². The summed E-state index contributed by atoms with van der Waals surface area (Å²) >= 11 is 1.86. The molecule has 0 saturated heterocycles. The number of pyridine rings is 1. The van der Waals surface area contributed by atoms with Crippen molar-refractivity contribution in [2.45, 2.75) is 18.8 Å². The summed E-state index contributed by atoms with van der Waals surface area (Å²) in [6.45, 7) is 2.24. The molecule has 288 valence electrons. The van der Waals surface area contributed by atoms with Gasteiger partial charge in [-0.2, -0.15) is 0 Å². The van der Waals surface area contributed by atoms with E-state index in [9.17, 15) is 0 Å². The highest BCUT2D eigenvalue weighted by Crippen LogP contribution is 2.45. The lowest BCUT2D eigenvalue weighted by molar-refractivity contribution is 0.559. The summed E-state index contributed by atoms with van der Waals surface area (Å²) in [5, 5.41) is 5.80. The van der Waals surface area contributed by atoms with Crippen molar-refractivity contribution in [2.75, 3.05) is 0 Å². The third-order valence-corrected chi connectivity index (χ3v) is 13.4. The van der Waals surface area contributed by atoms with Crippen LogP contribution < -0.4 is 0 Å². The molecule has 4 nitrogen and oxygen atoms in total. The molecule has 4 aromatic heterocycles. The van der Waals surface area contributed by atoms with E-state index in [4.69, 9.17) is 19.4 Å². The maximum absolute atomic E-state index is 6.79. The molecule has 7 aromatic carbocycles. The zero-order chi connectivity index (χ0) is 40.5. The van der Waals surface area contributed by atoms with Gasteiger partial charge in [-0.1, -0.05) is 170 Å². The van der Waals surface area contributed by atoms with Gasteiger partial charge in [0, 0.05) is 64.0 Å². The quantitative estimate of drug-likeness (QED) is 0.168. The lowest BCUT2D eigenvalue weighted by Gasteiger charge is -2.28. The first-order valence-corrected chi connectivity index (χ1v) is 21.5. The molecule has 1 aliphatic rings. The van der Waals surface area contributed by atoms with Crippen LogP contribution in [-0.4, -0.2) is 15.0 Å². The minimum absolute atomic E-state index is 0.533. The zero-order valence-electron chi connectivity index (χ0n) is 33.3. The molecule has 11 aromatic rings. The Kier molecular flexibility index (Phi) is 8.19. The van der Waals surface area contributed by atoms with Gasteiger partial charge in [-0.15, -0.1) is 11.3 Å². The molecule has 0 saturated carbocycles. The number of para-hydroxylation sites is 2. The van der Waals surface area contributed by atoms with Gasteiger partial charge in [-0.05, 0) is 54.3 Å². The fraction of sp³-hybridized carbons (Fsp3) is 0.0536. The van der Waals surface area contributed by atoms with Crippen LogP contribution in [0, 0.1) is 0 Å². The molecule has 0 aliphatic heterocycles. The fourth-order valence-electron chi connectivity index (χ4n) is 9.17. The molecule has 5 heteroatoms. The summed E-state index contributed by atoms with van der Waals surface area (Å²) in [7, 11) is 0. The maximum atomic E-state index is 6.79. The number of furan rings is 1. The van der Waals surface area contributed by atoms with E-state index in [2.05, 4.69) is 183 Å². The van der Waals surface area contributed by atoms with Crippen LogP contribution in [0.5, 0.6) is 0 Å². The summed E-state index contributed by atoms with van der Waals surface area (Å²) in [5.41, 5.74) is 12.3. The van der Waals surface area contributed by atoms with Crippen LogP contribution in [0.4, 0.5) is 0 Å². The normalized spacial score (nSPS) is 15.3. The van der Waals surface area contributed by atoms with Crippen LogP contribution in [0.1, 0.15) is 24.9 Å². The lowest BCUT2D eigenvalue weighted by atomic mass is 9.79. The summed E-state index contributed by atoms with van der Waals surface area (Å²) in [6, 6.07) is 62.0. The number of allylic oxidation sites excluding steroid dienone is 4. The molecule has 12 rings (SSSR count). The highest BCUT2D eigenvalue weighted by molar-refractivity contribution is 7.26. The monoisotopic (exact) mass is 799 g/mol. The van der Waals surface area contributed by atoms with Gasteiger partial charge >= 0.3 is 0 Å². The second-order valence-corrected chi connectivity index (χ2v) is 17.2. The molecule has 61 heavy (non-hydrogen) atoms. The number of rotatable bonds is 6. The van der Waals surface area contributed by atoms with Crippen molar-refractivity contribution in [3.8, 4) is 44.8 Å². The van der Waals surface area contributed by atoms with Crippen molar-refractivity contribution in [2.24, 2.45) is 0 Å². The smallest absolute Gasteiger partial charge is 0.162 e. The summed E-state index contributed by atoms with van der Waals surface area (Å²) in [5.74, 6) is 0.766. The highest BCUT2D eigenvalue weighted by Gasteiger charge is 2.32. The molecule has 4 heterocycles. The molecule has 0 spiro atoms. The molecule has 0 radical (unpaired) electrons. The van der Waals surface area contributed by atoms with E-state index in [1.54, 1.807) is 0 Å². The second kappa shape index (κ2) is 14.1. The SMILES string of the molecule is CC1(c2nc(-c3ccccc3)cc(-c3ccccc3)n2)C=C(c2nc3c(-c4cccc(-c5cccc6c5sc5ccccc56)c4)cccc3c3c2oc2ccccc23)C=CC1. The molecular weight excluding hydrogens is 763 g/mol. The predicted octanol–water partition coefficient (Wildman–Crippen LogP) is 15.3. The Bertz CT molecular complexity index is 3520. The fourth-order valence-corrected chi connectivity index (χ4v) is 10.4. The van der Waals surface area contributed by atoms with Gasteiger partial charge in [0.05, 0.1) is 16.9 Å². The van der Waals surface area contributed by atoms with Crippen molar-refractivity contribution in [1.29, 1.82) is 0 Å². The zero-order valence-corrected chi connectivity index (χ0v) is 34.2. The van der Waals surface area contributed by atoms with Gasteiger partial charge in [0.2, 0.25) is 0 Å². The molecule has 1 aliphatic carbocycles. The van der Waals surface area contributed by atoms with Crippen LogP contribution >= 0.6 is 11.3 Å². The third-order valence-electron chi connectivity index (χ3n) is 12.2. The lowest BCUT2D eigenvalue weighted by Crippen LogP contribution is -2.24. The van der Waals surface area contributed by atoms with Gasteiger partial charge in [0.1, 0.15) is 17.1 Å². The van der Waals surface area contributed by atoms with Crippen molar-refractivity contribution < 1.29 is 4.42 Å². The van der Waals surface area contributed by atoms with Crippen molar-refractivity contribution in [1.82, 2.24) is 15.0 Å². The van der Waals surface area contributed by atoms with E-state index in [0.717, 1.165) is 90.0 Å². The summed E-state index contributed by atoms with van der Waals surface area (Å²) in [4.78, 5) is 16.2. The third kappa shape index (κ3) is 5.92. The van der Waals surface area contributed by atoms with Crippen molar-refractivity contribution in [3.05, 3.63) is 206 Å². The summed E-state index contributed by atoms with van der Waals surface area (Å²) < 4.78 is 9.40. The highest BCUT2D eigenvalue weighted by atomic mass is 32.1. The van der Waals surface area contributed by atoms with Crippen LogP contribution in [0.3, 0.4) is 0 Å². The molecule has 0 bridgehead atoms. The van der Waals surface area contributed by atoms with E-state index in [0.29, 0.717) is 0 Å². The van der Waals surface area contributed by atoms with Crippen LogP contribution in [0.15, 0.2) is 199 Å². The Morgan fingerprint density at radius 3 is 1.92 bits per heavy atom. The average molecular weight is 800 g/mol. The largest absolute Gasteiger partial charge is 0.454 e. The Morgan fingerprint density at radius 1 is 0.541 bits per heavy atom. The molecule has 0 amide bonds. The first-order chi connectivity index (χ1) is 30.1. The van der Waals surface area contributed by atoms with Crippen LogP contribution in [-0.2, 0) is 5.41 Å². The molecule has 0 N–H and O–H groups in total. The minimum atomic E-state index is -0.533. The van der Waals surface area contributed by atoms with E-state index < -0.39 is 5.41 Å². The van der Waals surface area contributed by atoms with E-state index in [1.165, 1.54) is 31.3 Å². The van der Waals surface area contributed by atoms with Crippen LogP contribution in [0.2, 0.25) is 0 Å². The van der Waals surface area contributed by atoms with Crippen molar-refractivity contribution in [3.63, 3.8) is 0 Å². The van der Waals surface area contributed by atoms with Gasteiger partial charge < -0.3 is 4.42 Å². The van der Waals surface area contributed by atoms with Crippen molar-refractivity contribution >= 4 is 69.9 Å². The first kappa shape index (κ1) is 35.5. The van der Waals surface area contributed by atoms with E-state index in [-0.39, 0.29) is 0 Å². The van der Waals surface area contributed by atoms with E-state index >= 15 is 0 Å².